The van der Waals surface area contributed by atoms with Crippen LogP contribution < -0.4 is 0 Å². The number of carbonyl (C=O) groups is 1. The van der Waals surface area contributed by atoms with Gasteiger partial charge >= 0.3 is 0 Å². The zero-order valence-electron chi connectivity index (χ0n) is 10.6. The number of ketones is 1. The lowest BCUT2D eigenvalue weighted by atomic mass is 10.0. The molecule has 2 heteroatoms. The molecule has 1 aromatic heterocycles. The molecule has 1 heterocycles. The van der Waals surface area contributed by atoms with E-state index in [0.29, 0.717) is 6.42 Å². The highest BCUT2D eigenvalue weighted by atomic mass is 32.1. The molecule has 0 N–H and O–H groups in total. The fourth-order valence-electron chi connectivity index (χ4n) is 1.94. The van der Waals surface area contributed by atoms with Crippen molar-refractivity contribution in [2.45, 2.75) is 19.3 Å². The second kappa shape index (κ2) is 5.40. The van der Waals surface area contributed by atoms with Crippen molar-refractivity contribution >= 4 is 17.1 Å². The van der Waals surface area contributed by atoms with Crippen molar-refractivity contribution in [3.63, 3.8) is 0 Å². The van der Waals surface area contributed by atoms with Crippen molar-refractivity contribution in [2.24, 2.45) is 0 Å². The molecule has 0 aliphatic heterocycles. The van der Waals surface area contributed by atoms with Gasteiger partial charge in [0, 0.05) is 12.0 Å². The second-order valence-electron chi connectivity index (χ2n) is 4.68. The zero-order chi connectivity index (χ0) is 13.1. The third-order valence-electron chi connectivity index (χ3n) is 3.07. The minimum absolute atomic E-state index is 0.123. The Morgan fingerprint density at radius 3 is 2.53 bits per heavy atom. The molecule has 1 saturated carbocycles. The normalized spacial score (nSPS) is 12.9. The SMILES string of the molecule is O=C(C(=C=C1CC1)Cc1ccccc1)c1cccs1. The summed E-state index contributed by atoms with van der Waals surface area (Å²) >= 11 is 1.50. The van der Waals surface area contributed by atoms with E-state index in [2.05, 4.69) is 17.9 Å². The lowest BCUT2D eigenvalue weighted by Gasteiger charge is -2.03. The summed E-state index contributed by atoms with van der Waals surface area (Å²) in [7, 11) is 0. The molecule has 0 bridgehead atoms. The fourth-order valence-corrected chi connectivity index (χ4v) is 2.63. The summed E-state index contributed by atoms with van der Waals surface area (Å²) in [5.41, 5.74) is 6.55. The van der Waals surface area contributed by atoms with Gasteiger partial charge in [-0.2, -0.15) is 0 Å². The maximum absolute atomic E-state index is 12.5. The summed E-state index contributed by atoms with van der Waals surface area (Å²) in [4.78, 5) is 13.3. The molecule has 2 aromatic rings. The van der Waals surface area contributed by atoms with E-state index in [1.807, 2.05) is 35.7 Å². The maximum Gasteiger partial charge on any atom is 0.206 e. The topological polar surface area (TPSA) is 17.1 Å². The number of allylic oxidation sites excluding steroid dienone is 1. The Morgan fingerprint density at radius 2 is 1.89 bits per heavy atom. The molecule has 0 amide bonds. The number of Topliss-reactive ketones (excluding diaryl/α,β-unsaturated/α-hetero) is 1. The summed E-state index contributed by atoms with van der Waals surface area (Å²) in [5.74, 6) is 0.123. The van der Waals surface area contributed by atoms with Crippen molar-refractivity contribution in [1.82, 2.24) is 0 Å². The molecule has 0 unspecified atom stereocenters. The number of hydrogen-bond donors (Lipinski definition) is 0. The highest BCUT2D eigenvalue weighted by Crippen LogP contribution is 2.28. The van der Waals surface area contributed by atoms with E-state index < -0.39 is 0 Å². The van der Waals surface area contributed by atoms with Crippen molar-refractivity contribution in [3.05, 3.63) is 75.2 Å². The average Bonchev–Trinajstić information content (AvgIpc) is 3.08. The smallest absolute Gasteiger partial charge is 0.206 e. The van der Waals surface area contributed by atoms with Gasteiger partial charge in [0.25, 0.3) is 0 Å². The summed E-state index contributed by atoms with van der Waals surface area (Å²) in [6.07, 6.45) is 2.85. The number of rotatable bonds is 4. The van der Waals surface area contributed by atoms with Crippen LogP contribution in [0.1, 0.15) is 28.1 Å². The average molecular weight is 266 g/mol. The quantitative estimate of drug-likeness (QED) is 0.455. The van der Waals surface area contributed by atoms with Crippen molar-refractivity contribution in [1.29, 1.82) is 0 Å². The van der Waals surface area contributed by atoms with Crippen LogP contribution in [0.3, 0.4) is 0 Å². The monoisotopic (exact) mass is 266 g/mol. The van der Waals surface area contributed by atoms with E-state index in [9.17, 15) is 4.79 Å². The molecule has 1 fully saturated rings. The van der Waals surface area contributed by atoms with E-state index in [0.717, 1.165) is 28.9 Å². The van der Waals surface area contributed by atoms with Crippen LogP contribution in [0.15, 0.2) is 64.7 Å². The zero-order valence-corrected chi connectivity index (χ0v) is 11.4. The predicted molar refractivity (Wildman–Crippen MR) is 78.6 cm³/mol. The third-order valence-corrected chi connectivity index (χ3v) is 3.94. The first kappa shape index (κ1) is 12.2. The third kappa shape index (κ3) is 3.11. The van der Waals surface area contributed by atoms with Crippen LogP contribution in [0.5, 0.6) is 0 Å². The number of thiophene rings is 1. The predicted octanol–water partition coefficient (Wildman–Crippen LogP) is 4.42. The van der Waals surface area contributed by atoms with Crippen molar-refractivity contribution in [2.75, 3.05) is 0 Å². The molecular weight excluding hydrogens is 252 g/mol. The van der Waals surface area contributed by atoms with Gasteiger partial charge in [0.1, 0.15) is 0 Å². The lowest BCUT2D eigenvalue weighted by Crippen LogP contribution is -2.03. The first-order valence-corrected chi connectivity index (χ1v) is 7.30. The molecule has 0 atom stereocenters. The largest absolute Gasteiger partial charge is 0.287 e. The van der Waals surface area contributed by atoms with E-state index in [1.54, 1.807) is 0 Å². The Morgan fingerprint density at radius 1 is 1.11 bits per heavy atom. The van der Waals surface area contributed by atoms with E-state index in [1.165, 1.54) is 16.9 Å². The highest BCUT2D eigenvalue weighted by molar-refractivity contribution is 7.12. The second-order valence-corrected chi connectivity index (χ2v) is 5.62. The van der Waals surface area contributed by atoms with E-state index in [4.69, 9.17) is 0 Å². The minimum atomic E-state index is 0.123. The van der Waals surface area contributed by atoms with Gasteiger partial charge in [0.05, 0.1) is 4.88 Å². The summed E-state index contributed by atoms with van der Waals surface area (Å²) < 4.78 is 0. The molecule has 1 nitrogen and oxygen atoms in total. The standard InChI is InChI=1S/C17H14OS/c18-17(16-7-4-10-19-16)15(12-14-8-9-14)11-13-5-2-1-3-6-13/h1-7,10H,8-9,11H2. The number of carbonyl (C=O) groups excluding carboxylic acids is 1. The van der Waals surface area contributed by atoms with Crippen LogP contribution in [0.25, 0.3) is 0 Å². The molecule has 1 aliphatic carbocycles. The van der Waals surface area contributed by atoms with Crippen molar-refractivity contribution < 1.29 is 4.79 Å². The van der Waals surface area contributed by atoms with Gasteiger partial charge in [-0.25, -0.2) is 0 Å². The van der Waals surface area contributed by atoms with E-state index in [-0.39, 0.29) is 5.78 Å². The molecule has 94 valence electrons. The first-order chi connectivity index (χ1) is 9.33. The lowest BCUT2D eigenvalue weighted by molar-refractivity contribution is 0.103. The van der Waals surface area contributed by atoms with E-state index >= 15 is 0 Å². The molecule has 1 aromatic carbocycles. The van der Waals surface area contributed by atoms with Gasteiger partial charge in [-0.15, -0.1) is 17.1 Å². The Balaban J connectivity index is 1.92. The highest BCUT2D eigenvalue weighted by Gasteiger charge is 2.16. The van der Waals surface area contributed by atoms with Crippen LogP contribution in [0, 0.1) is 0 Å². The van der Waals surface area contributed by atoms with Gasteiger partial charge in [-0.3, -0.25) is 4.79 Å². The molecule has 0 radical (unpaired) electrons. The first-order valence-electron chi connectivity index (χ1n) is 6.42. The fraction of sp³-hybridized carbons (Fsp3) is 0.176. The Hall–Kier alpha value is -1.89. The van der Waals surface area contributed by atoms with Gasteiger partial charge in [-0.05, 0) is 35.4 Å². The molecule has 19 heavy (non-hydrogen) atoms. The van der Waals surface area contributed by atoms with Crippen LogP contribution in [0.4, 0.5) is 0 Å². The maximum atomic E-state index is 12.5. The van der Waals surface area contributed by atoms with Crippen LogP contribution in [0.2, 0.25) is 0 Å². The Bertz CT molecular complexity index is 638. The van der Waals surface area contributed by atoms with Crippen molar-refractivity contribution in [3.8, 4) is 0 Å². The summed E-state index contributed by atoms with van der Waals surface area (Å²) in [6.45, 7) is 0. The van der Waals surface area contributed by atoms with Gasteiger partial charge in [0.15, 0.2) is 0 Å². The number of hydrogen-bond acceptors (Lipinski definition) is 2. The van der Waals surface area contributed by atoms with Gasteiger partial charge in [0.2, 0.25) is 5.78 Å². The Kier molecular flexibility index (Phi) is 3.45. The molecular formula is C17H14OS. The van der Waals surface area contributed by atoms with Crippen LogP contribution in [-0.2, 0) is 6.42 Å². The van der Waals surface area contributed by atoms with Gasteiger partial charge in [-0.1, -0.05) is 36.4 Å². The summed E-state index contributed by atoms with van der Waals surface area (Å²) in [6, 6.07) is 13.9. The Labute approximate surface area is 116 Å². The van der Waals surface area contributed by atoms with Crippen LogP contribution >= 0.6 is 11.3 Å². The summed E-state index contributed by atoms with van der Waals surface area (Å²) in [5, 5.41) is 1.94. The minimum Gasteiger partial charge on any atom is -0.287 e. The van der Waals surface area contributed by atoms with Crippen LogP contribution in [-0.4, -0.2) is 5.78 Å². The molecule has 3 rings (SSSR count). The van der Waals surface area contributed by atoms with Gasteiger partial charge < -0.3 is 0 Å². The molecule has 0 spiro atoms. The molecule has 1 aliphatic rings. The molecule has 0 saturated heterocycles. The number of benzene rings is 1.